The highest BCUT2D eigenvalue weighted by atomic mass is 32.1. The molecule has 0 aliphatic heterocycles. The van der Waals surface area contributed by atoms with Crippen LogP contribution in [-0.4, -0.2) is 19.7 Å². The lowest BCUT2D eigenvalue weighted by Crippen LogP contribution is -2.32. The van der Waals surface area contributed by atoms with Gasteiger partial charge in [0.15, 0.2) is 0 Å². The van der Waals surface area contributed by atoms with E-state index in [0.29, 0.717) is 0 Å². The van der Waals surface area contributed by atoms with E-state index in [4.69, 9.17) is 4.74 Å². The molecule has 4 nitrogen and oxygen atoms in total. The average molecular weight is 358 g/mol. The third-order valence-electron chi connectivity index (χ3n) is 3.26. The van der Waals surface area contributed by atoms with Crippen LogP contribution in [0.25, 0.3) is 0 Å². The van der Waals surface area contributed by atoms with Crippen molar-refractivity contribution in [2.75, 3.05) is 19.0 Å². The Bertz CT molecular complexity index is 701. The minimum atomic E-state index is -4.45. The number of rotatable bonds is 5. The van der Waals surface area contributed by atoms with Gasteiger partial charge in [0.1, 0.15) is 6.10 Å². The largest absolute Gasteiger partial charge is 0.416 e. The maximum atomic E-state index is 12.7. The number of ether oxygens (including phenoxy) is 1. The molecule has 2 amide bonds. The number of anilines is 1. The third-order valence-corrected chi connectivity index (χ3v) is 4.35. The Hall–Kier alpha value is -2.06. The van der Waals surface area contributed by atoms with Crippen molar-refractivity contribution in [1.82, 2.24) is 5.32 Å². The number of carbonyl (C=O) groups is 1. The van der Waals surface area contributed by atoms with Crippen LogP contribution in [-0.2, 0) is 10.9 Å². The number of alkyl halides is 3. The molecule has 0 spiro atoms. The summed E-state index contributed by atoms with van der Waals surface area (Å²) in [5.74, 6) is 0. The maximum absolute atomic E-state index is 12.7. The van der Waals surface area contributed by atoms with Gasteiger partial charge in [-0.15, -0.1) is 11.3 Å². The van der Waals surface area contributed by atoms with Gasteiger partial charge in [-0.3, -0.25) is 0 Å². The summed E-state index contributed by atoms with van der Waals surface area (Å²) in [6.45, 7) is 2.18. The highest BCUT2D eigenvalue weighted by Gasteiger charge is 2.30. The van der Waals surface area contributed by atoms with Crippen LogP contribution in [0, 0.1) is 6.92 Å². The summed E-state index contributed by atoms with van der Waals surface area (Å²) in [5, 5.41) is 4.99. The molecule has 0 aliphatic rings. The van der Waals surface area contributed by atoms with E-state index in [1.54, 1.807) is 11.3 Å². The predicted molar refractivity (Wildman–Crippen MR) is 87.3 cm³/mol. The fraction of sp³-hybridized carbons (Fsp3) is 0.312. The van der Waals surface area contributed by atoms with Crippen LogP contribution < -0.4 is 10.6 Å². The molecule has 0 aliphatic carbocycles. The van der Waals surface area contributed by atoms with Gasteiger partial charge < -0.3 is 15.4 Å². The molecule has 1 heterocycles. The summed E-state index contributed by atoms with van der Waals surface area (Å²) < 4.78 is 43.3. The van der Waals surface area contributed by atoms with Crippen LogP contribution in [0.1, 0.15) is 21.4 Å². The normalized spacial score (nSPS) is 12.7. The molecule has 0 bridgehead atoms. The molecule has 0 radical (unpaired) electrons. The first-order valence-corrected chi connectivity index (χ1v) is 7.92. The van der Waals surface area contributed by atoms with Gasteiger partial charge in [-0.25, -0.2) is 4.79 Å². The molecule has 8 heteroatoms. The Morgan fingerprint density at radius 3 is 2.62 bits per heavy atom. The second kappa shape index (κ2) is 7.67. The number of benzene rings is 1. The minimum Gasteiger partial charge on any atom is -0.374 e. The van der Waals surface area contributed by atoms with Crippen LogP contribution >= 0.6 is 11.3 Å². The first kappa shape index (κ1) is 18.3. The summed E-state index contributed by atoms with van der Waals surface area (Å²) in [7, 11) is 1.53. The maximum Gasteiger partial charge on any atom is 0.416 e. The van der Waals surface area contributed by atoms with Crippen LogP contribution in [0.4, 0.5) is 23.7 Å². The Balaban J connectivity index is 1.93. The summed E-state index contributed by atoms with van der Waals surface area (Å²) in [4.78, 5) is 14.0. The second-order valence-electron chi connectivity index (χ2n) is 5.09. The van der Waals surface area contributed by atoms with Crippen LogP contribution in [0.15, 0.2) is 36.4 Å². The first-order chi connectivity index (χ1) is 11.3. The highest BCUT2D eigenvalue weighted by molar-refractivity contribution is 7.12. The van der Waals surface area contributed by atoms with Crippen molar-refractivity contribution in [3.63, 3.8) is 0 Å². The Kier molecular flexibility index (Phi) is 5.84. The Morgan fingerprint density at radius 1 is 1.29 bits per heavy atom. The number of amides is 2. The van der Waals surface area contributed by atoms with Gasteiger partial charge in [0.25, 0.3) is 0 Å². The zero-order valence-corrected chi connectivity index (χ0v) is 13.9. The molecule has 2 rings (SSSR count). The molecular weight excluding hydrogens is 341 g/mol. The summed E-state index contributed by atoms with van der Waals surface area (Å²) >= 11 is 1.56. The molecule has 24 heavy (non-hydrogen) atoms. The molecule has 2 N–H and O–H groups in total. The van der Waals surface area contributed by atoms with Gasteiger partial charge in [-0.05, 0) is 37.3 Å². The van der Waals surface area contributed by atoms with Gasteiger partial charge in [-0.2, -0.15) is 13.2 Å². The lowest BCUT2D eigenvalue weighted by Gasteiger charge is -2.15. The quantitative estimate of drug-likeness (QED) is 0.822. The molecule has 2 aromatic rings. The summed E-state index contributed by atoms with van der Waals surface area (Å²) in [6, 6.07) is 7.74. The van der Waals surface area contributed by atoms with E-state index in [-0.39, 0.29) is 18.3 Å². The van der Waals surface area contributed by atoms with Crippen molar-refractivity contribution in [2.45, 2.75) is 19.2 Å². The van der Waals surface area contributed by atoms with Crippen molar-refractivity contribution in [1.29, 1.82) is 0 Å². The number of halogens is 3. The van der Waals surface area contributed by atoms with E-state index in [1.807, 2.05) is 19.1 Å². The minimum absolute atomic E-state index is 0.0725. The van der Waals surface area contributed by atoms with Crippen LogP contribution in [0.3, 0.4) is 0 Å². The number of nitrogens with one attached hydrogen (secondary N) is 2. The van der Waals surface area contributed by atoms with E-state index in [1.165, 1.54) is 19.2 Å². The Morgan fingerprint density at radius 2 is 2.04 bits per heavy atom. The first-order valence-electron chi connectivity index (χ1n) is 7.11. The van der Waals surface area contributed by atoms with Gasteiger partial charge >= 0.3 is 12.2 Å². The number of methoxy groups -OCH3 is 1. The van der Waals surface area contributed by atoms with E-state index in [9.17, 15) is 18.0 Å². The number of hydrogen-bond acceptors (Lipinski definition) is 3. The van der Waals surface area contributed by atoms with Crippen molar-refractivity contribution < 1.29 is 22.7 Å². The fourth-order valence-corrected chi connectivity index (χ4v) is 3.02. The van der Waals surface area contributed by atoms with E-state index in [0.717, 1.165) is 21.9 Å². The lowest BCUT2D eigenvalue weighted by molar-refractivity contribution is -0.137. The fourth-order valence-electron chi connectivity index (χ4n) is 2.06. The molecule has 1 atom stereocenters. The Labute approximate surface area is 141 Å². The van der Waals surface area contributed by atoms with Crippen molar-refractivity contribution in [2.24, 2.45) is 0 Å². The van der Waals surface area contributed by atoms with Crippen molar-refractivity contribution >= 4 is 23.1 Å². The van der Waals surface area contributed by atoms with Gasteiger partial charge in [0, 0.05) is 22.6 Å². The van der Waals surface area contributed by atoms with E-state index >= 15 is 0 Å². The van der Waals surface area contributed by atoms with Crippen molar-refractivity contribution in [3.05, 3.63) is 51.7 Å². The molecule has 1 aromatic heterocycles. The number of urea groups is 1. The molecule has 1 aromatic carbocycles. The molecule has 0 saturated heterocycles. The van der Waals surface area contributed by atoms with Gasteiger partial charge in [-0.1, -0.05) is 6.07 Å². The van der Waals surface area contributed by atoms with Gasteiger partial charge in [0.05, 0.1) is 12.1 Å². The third kappa shape index (κ3) is 4.97. The summed E-state index contributed by atoms with van der Waals surface area (Å²) in [5.41, 5.74) is -0.743. The molecular formula is C16H17F3N2O2S. The van der Waals surface area contributed by atoms with Crippen LogP contribution in [0.5, 0.6) is 0 Å². The standard InChI is InChI=1S/C16H17F3N2O2S/c1-10-6-7-14(24-10)13(23-2)9-20-15(22)21-12-5-3-4-11(8-12)16(17,18)19/h3-8,13H,9H2,1-2H3,(H2,20,21,22)/t13-/m1/s1. The smallest absolute Gasteiger partial charge is 0.374 e. The van der Waals surface area contributed by atoms with Crippen molar-refractivity contribution in [3.8, 4) is 0 Å². The highest BCUT2D eigenvalue weighted by Crippen LogP contribution is 2.30. The number of thiophene rings is 1. The molecule has 130 valence electrons. The molecule has 0 fully saturated rings. The van der Waals surface area contributed by atoms with Gasteiger partial charge in [0.2, 0.25) is 0 Å². The predicted octanol–water partition coefficient (Wildman–Crippen LogP) is 4.58. The van der Waals surface area contributed by atoms with E-state index in [2.05, 4.69) is 10.6 Å². The average Bonchev–Trinajstić information content (AvgIpc) is 2.94. The lowest BCUT2D eigenvalue weighted by atomic mass is 10.2. The number of hydrogen-bond donors (Lipinski definition) is 2. The molecule has 0 unspecified atom stereocenters. The number of carbonyl (C=O) groups excluding carboxylic acids is 1. The molecule has 0 saturated carbocycles. The SMILES string of the molecule is CO[C@H](CNC(=O)Nc1cccc(C(F)(F)F)c1)c1ccc(C)s1. The number of aryl methyl sites for hydroxylation is 1. The summed E-state index contributed by atoms with van der Waals surface area (Å²) in [6.07, 6.45) is -4.76. The van der Waals surface area contributed by atoms with Crippen LogP contribution in [0.2, 0.25) is 0 Å². The second-order valence-corrected chi connectivity index (χ2v) is 6.41. The topological polar surface area (TPSA) is 50.4 Å². The monoisotopic (exact) mass is 358 g/mol. The zero-order valence-electron chi connectivity index (χ0n) is 13.1. The zero-order chi connectivity index (χ0) is 17.7. The van der Waals surface area contributed by atoms with E-state index < -0.39 is 17.8 Å².